The highest BCUT2D eigenvalue weighted by atomic mass is 35.5. The van der Waals surface area contributed by atoms with Gasteiger partial charge in [0, 0.05) is 18.0 Å². The summed E-state index contributed by atoms with van der Waals surface area (Å²) in [6, 6.07) is 4.42. The van der Waals surface area contributed by atoms with Gasteiger partial charge in [0.2, 0.25) is 0 Å². The Hall–Kier alpha value is -0.740. The van der Waals surface area contributed by atoms with Gasteiger partial charge in [0.1, 0.15) is 11.3 Å². The van der Waals surface area contributed by atoms with Gasteiger partial charge in [-0.2, -0.15) is 11.8 Å². The molecule has 0 spiro atoms. The lowest BCUT2D eigenvalue weighted by Gasteiger charge is -2.15. The van der Waals surface area contributed by atoms with Crippen molar-refractivity contribution in [1.29, 1.82) is 0 Å². The zero-order valence-electron chi connectivity index (χ0n) is 9.64. The first-order valence-corrected chi connectivity index (χ1v) is 7.41. The van der Waals surface area contributed by atoms with E-state index in [0.29, 0.717) is 6.04 Å². The molecule has 0 radical (unpaired) electrons. The third-order valence-electron chi connectivity index (χ3n) is 3.10. The molecular weight excluding hydrogens is 254 g/mol. The smallest absolute Gasteiger partial charge is 0.160 e. The summed E-state index contributed by atoms with van der Waals surface area (Å²) in [5.74, 6) is 3.30. The minimum atomic E-state index is -0.0743. The molecular formula is C12H14ClN3S. The summed E-state index contributed by atoms with van der Waals surface area (Å²) in [5, 5.41) is -0.0743. The second-order valence-corrected chi connectivity index (χ2v) is 6.12. The van der Waals surface area contributed by atoms with Crippen LogP contribution in [-0.2, 0) is 0 Å². The Morgan fingerprint density at radius 2 is 2.47 bits per heavy atom. The number of fused-ring (bicyclic) bond motifs is 1. The zero-order valence-corrected chi connectivity index (χ0v) is 11.2. The molecule has 90 valence electrons. The van der Waals surface area contributed by atoms with Crippen LogP contribution in [0.2, 0.25) is 0 Å². The molecule has 1 fully saturated rings. The number of hydrogen-bond acceptors (Lipinski definition) is 3. The molecule has 0 saturated carbocycles. The van der Waals surface area contributed by atoms with E-state index in [2.05, 4.69) is 14.5 Å². The number of hydrogen-bond donors (Lipinski definition) is 0. The van der Waals surface area contributed by atoms with Crippen LogP contribution in [0.3, 0.4) is 0 Å². The van der Waals surface area contributed by atoms with Crippen molar-refractivity contribution in [3.05, 3.63) is 24.2 Å². The first-order valence-electron chi connectivity index (χ1n) is 5.82. The summed E-state index contributed by atoms with van der Waals surface area (Å²) in [5.41, 5.74) is 1.93. The molecule has 3 rings (SSSR count). The molecule has 3 nitrogen and oxygen atoms in total. The highest BCUT2D eigenvalue weighted by Crippen LogP contribution is 2.34. The first-order chi connectivity index (χ1) is 8.27. The standard InChI is InChI=1S/C12H14ClN3S/c1-8(13)11-15-10-3-2-5-14-12(10)16(11)9-4-6-17-7-9/h2-3,5,8-9H,4,6-7H2,1H3. The molecule has 0 amide bonds. The zero-order chi connectivity index (χ0) is 11.8. The summed E-state index contributed by atoms with van der Waals surface area (Å²) in [6.07, 6.45) is 3.01. The van der Waals surface area contributed by atoms with Gasteiger partial charge in [-0.25, -0.2) is 9.97 Å². The average Bonchev–Trinajstić information content (AvgIpc) is 2.94. The van der Waals surface area contributed by atoms with E-state index in [1.807, 2.05) is 37.0 Å². The summed E-state index contributed by atoms with van der Waals surface area (Å²) in [6.45, 7) is 1.97. The maximum absolute atomic E-state index is 6.24. The van der Waals surface area contributed by atoms with Crippen LogP contribution in [-0.4, -0.2) is 26.0 Å². The molecule has 5 heteroatoms. The van der Waals surface area contributed by atoms with Gasteiger partial charge in [-0.3, -0.25) is 0 Å². The minimum absolute atomic E-state index is 0.0743. The maximum Gasteiger partial charge on any atom is 0.160 e. The molecule has 2 atom stereocenters. The van der Waals surface area contributed by atoms with E-state index in [9.17, 15) is 0 Å². The van der Waals surface area contributed by atoms with E-state index in [1.165, 1.54) is 12.2 Å². The molecule has 2 aromatic rings. The summed E-state index contributed by atoms with van der Waals surface area (Å²) in [7, 11) is 0. The van der Waals surface area contributed by atoms with Crippen molar-refractivity contribution < 1.29 is 0 Å². The first kappa shape index (κ1) is 11.4. The van der Waals surface area contributed by atoms with E-state index in [1.54, 1.807) is 0 Å². The lowest BCUT2D eigenvalue weighted by molar-refractivity contribution is 0.545. The largest absolute Gasteiger partial charge is 0.307 e. The van der Waals surface area contributed by atoms with Gasteiger partial charge in [0.15, 0.2) is 5.65 Å². The molecule has 17 heavy (non-hydrogen) atoms. The van der Waals surface area contributed by atoms with Gasteiger partial charge in [0.25, 0.3) is 0 Å². The molecule has 2 aromatic heterocycles. The van der Waals surface area contributed by atoms with Crippen LogP contribution in [0.1, 0.15) is 30.6 Å². The van der Waals surface area contributed by atoms with Crippen molar-refractivity contribution >= 4 is 34.5 Å². The van der Waals surface area contributed by atoms with E-state index in [-0.39, 0.29) is 5.38 Å². The number of alkyl halides is 1. The molecule has 0 bridgehead atoms. The Morgan fingerprint density at radius 3 is 3.18 bits per heavy atom. The number of imidazole rings is 1. The highest BCUT2D eigenvalue weighted by molar-refractivity contribution is 7.99. The van der Waals surface area contributed by atoms with Gasteiger partial charge in [-0.05, 0) is 31.2 Å². The molecule has 1 saturated heterocycles. The van der Waals surface area contributed by atoms with E-state index >= 15 is 0 Å². The SMILES string of the molecule is CC(Cl)c1nc2cccnc2n1C1CCSC1. The molecule has 0 aromatic carbocycles. The van der Waals surface area contributed by atoms with Crippen LogP contribution < -0.4 is 0 Å². The molecule has 1 aliphatic rings. The third-order valence-corrected chi connectivity index (χ3v) is 4.44. The normalized spacial score (nSPS) is 22.1. The van der Waals surface area contributed by atoms with Crippen molar-refractivity contribution in [1.82, 2.24) is 14.5 Å². The Morgan fingerprint density at radius 1 is 1.59 bits per heavy atom. The van der Waals surface area contributed by atoms with Crippen LogP contribution in [0.15, 0.2) is 18.3 Å². The van der Waals surface area contributed by atoms with Crippen LogP contribution >= 0.6 is 23.4 Å². The quantitative estimate of drug-likeness (QED) is 0.782. The van der Waals surface area contributed by atoms with Crippen LogP contribution in [0.5, 0.6) is 0 Å². The number of pyridine rings is 1. The Kier molecular flexibility index (Phi) is 3.01. The molecule has 1 aliphatic heterocycles. The summed E-state index contributed by atoms with van der Waals surface area (Å²) in [4.78, 5) is 9.08. The summed E-state index contributed by atoms with van der Waals surface area (Å²) >= 11 is 8.23. The van der Waals surface area contributed by atoms with E-state index in [0.717, 1.165) is 22.7 Å². The monoisotopic (exact) mass is 267 g/mol. The number of rotatable bonds is 2. The van der Waals surface area contributed by atoms with Crippen LogP contribution in [0.25, 0.3) is 11.2 Å². The van der Waals surface area contributed by atoms with E-state index < -0.39 is 0 Å². The van der Waals surface area contributed by atoms with Gasteiger partial charge < -0.3 is 4.57 Å². The van der Waals surface area contributed by atoms with Gasteiger partial charge in [-0.1, -0.05) is 0 Å². The second-order valence-electron chi connectivity index (χ2n) is 4.32. The van der Waals surface area contributed by atoms with Crippen molar-refractivity contribution in [2.24, 2.45) is 0 Å². The fraction of sp³-hybridized carbons (Fsp3) is 0.500. The highest BCUT2D eigenvalue weighted by Gasteiger charge is 2.25. The van der Waals surface area contributed by atoms with Gasteiger partial charge >= 0.3 is 0 Å². The van der Waals surface area contributed by atoms with Crippen molar-refractivity contribution in [2.75, 3.05) is 11.5 Å². The van der Waals surface area contributed by atoms with Crippen molar-refractivity contribution in [3.8, 4) is 0 Å². The maximum atomic E-state index is 6.24. The number of thioether (sulfide) groups is 1. The Labute approximate surface area is 110 Å². The fourth-order valence-electron chi connectivity index (χ4n) is 2.31. The lowest BCUT2D eigenvalue weighted by atomic mass is 10.2. The molecule has 0 N–H and O–H groups in total. The lowest BCUT2D eigenvalue weighted by Crippen LogP contribution is -2.12. The number of aromatic nitrogens is 3. The fourth-order valence-corrected chi connectivity index (χ4v) is 3.66. The van der Waals surface area contributed by atoms with Gasteiger partial charge in [0.05, 0.1) is 5.38 Å². The molecule has 2 unspecified atom stereocenters. The Bertz CT molecular complexity index is 532. The van der Waals surface area contributed by atoms with E-state index in [4.69, 9.17) is 11.6 Å². The molecule has 3 heterocycles. The summed E-state index contributed by atoms with van der Waals surface area (Å²) < 4.78 is 2.24. The Balaban J connectivity index is 2.20. The molecule has 0 aliphatic carbocycles. The predicted octanol–water partition coefficient (Wildman–Crippen LogP) is 3.41. The van der Waals surface area contributed by atoms with Crippen molar-refractivity contribution in [2.45, 2.75) is 24.8 Å². The third kappa shape index (κ3) is 1.93. The van der Waals surface area contributed by atoms with Crippen LogP contribution in [0, 0.1) is 0 Å². The van der Waals surface area contributed by atoms with Gasteiger partial charge in [-0.15, -0.1) is 11.6 Å². The van der Waals surface area contributed by atoms with Crippen LogP contribution in [0.4, 0.5) is 0 Å². The average molecular weight is 268 g/mol. The number of nitrogens with zero attached hydrogens (tertiary/aromatic N) is 3. The second kappa shape index (κ2) is 4.50. The van der Waals surface area contributed by atoms with Crippen molar-refractivity contribution in [3.63, 3.8) is 0 Å². The predicted molar refractivity (Wildman–Crippen MR) is 72.8 cm³/mol. The minimum Gasteiger partial charge on any atom is -0.307 e. The topological polar surface area (TPSA) is 30.7 Å². The number of halogens is 1.